The van der Waals surface area contributed by atoms with E-state index < -0.39 is 0 Å². The zero-order valence-electron chi connectivity index (χ0n) is 22.5. The van der Waals surface area contributed by atoms with Crippen molar-refractivity contribution in [1.29, 1.82) is 0 Å². The van der Waals surface area contributed by atoms with Gasteiger partial charge in [0.25, 0.3) is 11.8 Å². The molecule has 214 valence electrons. The SMILES string of the molecule is COc1ccc(/C=C2/SC(N3CCN(C(=O)CCCN4C(=O)/C(=C\c5cccs5)SC4=S)CC3)=NC2=O)cc1OC. The summed E-state index contributed by atoms with van der Waals surface area (Å²) < 4.78 is 11.2. The molecule has 0 spiro atoms. The van der Waals surface area contributed by atoms with E-state index in [-0.39, 0.29) is 17.7 Å². The van der Waals surface area contributed by atoms with Crippen molar-refractivity contribution in [2.24, 2.45) is 4.99 Å². The van der Waals surface area contributed by atoms with Crippen molar-refractivity contribution in [3.05, 3.63) is 56.0 Å². The van der Waals surface area contributed by atoms with Gasteiger partial charge in [0.1, 0.15) is 4.32 Å². The molecule has 0 N–H and O–H groups in total. The second-order valence-electron chi connectivity index (χ2n) is 9.24. The lowest BCUT2D eigenvalue weighted by atomic mass is 10.2. The Hall–Kier alpha value is -3.13. The number of hydrogen-bond acceptors (Lipinski definition) is 10. The minimum atomic E-state index is -0.279. The van der Waals surface area contributed by atoms with Crippen LogP contribution in [0.2, 0.25) is 0 Å². The Kier molecular flexibility index (Phi) is 9.48. The van der Waals surface area contributed by atoms with Crippen LogP contribution in [0, 0.1) is 0 Å². The third-order valence-corrected chi connectivity index (χ3v) is 9.92. The predicted octanol–water partition coefficient (Wildman–Crippen LogP) is 4.56. The maximum absolute atomic E-state index is 12.9. The van der Waals surface area contributed by atoms with E-state index in [9.17, 15) is 14.4 Å². The fraction of sp³-hybridized carbons (Fsp3) is 0.321. The lowest BCUT2D eigenvalue weighted by Gasteiger charge is -2.35. The number of methoxy groups -OCH3 is 2. The number of benzene rings is 1. The summed E-state index contributed by atoms with van der Waals surface area (Å²) in [5.41, 5.74) is 0.815. The van der Waals surface area contributed by atoms with Crippen molar-refractivity contribution in [3.63, 3.8) is 0 Å². The van der Waals surface area contributed by atoms with Crippen LogP contribution < -0.4 is 9.47 Å². The number of nitrogens with zero attached hydrogens (tertiary/aromatic N) is 4. The van der Waals surface area contributed by atoms with Gasteiger partial charge in [-0.1, -0.05) is 36.1 Å². The summed E-state index contributed by atoms with van der Waals surface area (Å²) in [7, 11) is 3.14. The van der Waals surface area contributed by atoms with Crippen LogP contribution in [-0.2, 0) is 14.4 Å². The third kappa shape index (κ3) is 6.85. The molecule has 9 nitrogen and oxygen atoms in total. The Morgan fingerprint density at radius 2 is 1.80 bits per heavy atom. The van der Waals surface area contributed by atoms with Crippen molar-refractivity contribution < 1.29 is 23.9 Å². The van der Waals surface area contributed by atoms with Crippen molar-refractivity contribution in [3.8, 4) is 11.5 Å². The zero-order chi connectivity index (χ0) is 28.9. The van der Waals surface area contributed by atoms with Crippen LogP contribution in [-0.4, -0.2) is 88.9 Å². The molecule has 41 heavy (non-hydrogen) atoms. The quantitative estimate of drug-likeness (QED) is 0.308. The normalized spacial score (nSPS) is 19.5. The smallest absolute Gasteiger partial charge is 0.286 e. The van der Waals surface area contributed by atoms with Gasteiger partial charge in [0.2, 0.25) is 5.91 Å². The van der Waals surface area contributed by atoms with Gasteiger partial charge in [0.15, 0.2) is 16.7 Å². The van der Waals surface area contributed by atoms with Crippen LogP contribution in [0.4, 0.5) is 0 Å². The number of thiophene rings is 1. The summed E-state index contributed by atoms with van der Waals surface area (Å²) in [6.45, 7) is 2.70. The standard InChI is InChI=1S/C28H28N4O5S4/c1-36-20-8-7-18(15-21(20)37-2)16-22-25(34)29-27(40-22)31-12-10-30(11-13-31)24(33)6-3-9-32-26(35)23(41-28(32)38)17-19-5-4-14-39-19/h4-5,7-8,14-17H,3,6,9-13H2,1-2H3/b22-16+,23-17+. The Bertz CT molecular complexity index is 1450. The summed E-state index contributed by atoms with van der Waals surface area (Å²) in [4.78, 5) is 50.1. The molecule has 2 aromatic rings. The summed E-state index contributed by atoms with van der Waals surface area (Å²) in [6, 6.07) is 9.37. The number of carbonyl (C=O) groups is 3. The predicted molar refractivity (Wildman–Crippen MR) is 169 cm³/mol. The van der Waals surface area contributed by atoms with Gasteiger partial charge in [0, 0.05) is 44.0 Å². The van der Waals surface area contributed by atoms with E-state index in [0.717, 1.165) is 10.4 Å². The Morgan fingerprint density at radius 1 is 1.02 bits per heavy atom. The molecule has 3 amide bonds. The maximum atomic E-state index is 12.9. The van der Waals surface area contributed by atoms with Crippen LogP contribution in [0.25, 0.3) is 12.2 Å². The molecule has 0 saturated carbocycles. The molecular formula is C28H28N4O5S4. The summed E-state index contributed by atoms with van der Waals surface area (Å²) in [5, 5.41) is 2.62. The highest BCUT2D eigenvalue weighted by Crippen LogP contribution is 2.35. The average Bonchev–Trinajstić information content (AvgIpc) is 3.69. The topological polar surface area (TPSA) is 91.8 Å². The highest BCUT2D eigenvalue weighted by atomic mass is 32.2. The molecule has 3 aliphatic rings. The summed E-state index contributed by atoms with van der Waals surface area (Å²) in [6.07, 6.45) is 4.54. The van der Waals surface area contributed by atoms with Crippen molar-refractivity contribution in [2.75, 3.05) is 46.9 Å². The number of rotatable bonds is 8. The first kappa shape index (κ1) is 29.4. The molecule has 2 fully saturated rings. The number of piperazine rings is 1. The molecule has 4 heterocycles. The van der Waals surface area contributed by atoms with Crippen molar-refractivity contribution >= 4 is 86.4 Å². The summed E-state index contributed by atoms with van der Waals surface area (Å²) >= 11 is 9.63. The second-order valence-corrected chi connectivity index (χ2v) is 12.9. The second kappa shape index (κ2) is 13.2. The first-order valence-corrected chi connectivity index (χ1v) is 15.8. The van der Waals surface area contributed by atoms with Gasteiger partial charge in [0.05, 0.1) is 24.0 Å². The Morgan fingerprint density at radius 3 is 2.51 bits per heavy atom. The van der Waals surface area contributed by atoms with Gasteiger partial charge in [-0.15, -0.1) is 11.3 Å². The molecule has 2 saturated heterocycles. The van der Waals surface area contributed by atoms with E-state index in [0.29, 0.717) is 76.4 Å². The average molecular weight is 629 g/mol. The molecule has 1 aromatic carbocycles. The van der Waals surface area contributed by atoms with E-state index >= 15 is 0 Å². The summed E-state index contributed by atoms with van der Waals surface area (Å²) in [5.74, 6) is 0.879. The lowest BCUT2D eigenvalue weighted by Crippen LogP contribution is -2.49. The maximum Gasteiger partial charge on any atom is 0.286 e. The number of ether oxygens (including phenoxy) is 2. The first-order valence-electron chi connectivity index (χ1n) is 12.9. The molecule has 13 heteroatoms. The Balaban J connectivity index is 1.08. The fourth-order valence-corrected chi connectivity index (χ4v) is 7.51. The number of hydrogen-bond donors (Lipinski definition) is 0. The molecule has 0 bridgehead atoms. The number of amidine groups is 1. The van der Waals surface area contributed by atoms with Crippen molar-refractivity contribution in [1.82, 2.24) is 14.7 Å². The first-order chi connectivity index (χ1) is 19.9. The number of aliphatic imine (C=N–C) groups is 1. The van der Waals surface area contributed by atoms with E-state index in [4.69, 9.17) is 21.7 Å². The van der Waals surface area contributed by atoms with Gasteiger partial charge in [-0.2, -0.15) is 4.99 Å². The van der Waals surface area contributed by atoms with Crippen LogP contribution in [0.5, 0.6) is 11.5 Å². The third-order valence-electron chi connectivity index (χ3n) is 6.68. The van der Waals surface area contributed by atoms with E-state index in [1.807, 2.05) is 45.5 Å². The largest absolute Gasteiger partial charge is 0.493 e. The monoisotopic (exact) mass is 628 g/mol. The van der Waals surface area contributed by atoms with Crippen LogP contribution in [0.3, 0.4) is 0 Å². The lowest BCUT2D eigenvalue weighted by molar-refractivity contribution is -0.133. The fourth-order valence-electron chi connectivity index (χ4n) is 4.52. The minimum Gasteiger partial charge on any atom is -0.493 e. The van der Waals surface area contributed by atoms with Crippen molar-refractivity contribution in [2.45, 2.75) is 12.8 Å². The number of thioether (sulfide) groups is 2. The molecule has 5 rings (SSSR count). The van der Waals surface area contributed by atoms with Gasteiger partial charge < -0.3 is 19.3 Å². The molecule has 0 aliphatic carbocycles. The molecule has 0 unspecified atom stereocenters. The zero-order valence-corrected chi connectivity index (χ0v) is 25.8. The number of thiocarbonyl (C=S) groups is 1. The minimum absolute atomic E-state index is 0.0512. The highest BCUT2D eigenvalue weighted by Gasteiger charge is 2.33. The van der Waals surface area contributed by atoms with Gasteiger partial charge in [-0.3, -0.25) is 19.3 Å². The molecular weight excluding hydrogens is 601 g/mol. The Labute approximate surface area is 256 Å². The highest BCUT2D eigenvalue weighted by molar-refractivity contribution is 8.26. The molecule has 0 atom stereocenters. The van der Waals surface area contributed by atoms with Gasteiger partial charge >= 0.3 is 0 Å². The van der Waals surface area contributed by atoms with E-state index in [1.54, 1.807) is 42.6 Å². The number of amides is 3. The van der Waals surface area contributed by atoms with Gasteiger partial charge in [-0.25, -0.2) is 0 Å². The molecule has 0 radical (unpaired) electrons. The van der Waals surface area contributed by atoms with Crippen LogP contribution in [0.1, 0.15) is 23.3 Å². The van der Waals surface area contributed by atoms with Crippen LogP contribution >= 0.6 is 47.1 Å². The number of carbonyl (C=O) groups excluding carboxylic acids is 3. The van der Waals surface area contributed by atoms with Gasteiger partial charge in [-0.05, 0) is 59.5 Å². The molecule has 3 aliphatic heterocycles. The molecule has 1 aromatic heterocycles. The van der Waals surface area contributed by atoms with E-state index in [2.05, 4.69) is 4.99 Å². The van der Waals surface area contributed by atoms with E-state index in [1.165, 1.54) is 23.5 Å². The van der Waals surface area contributed by atoms with Crippen LogP contribution in [0.15, 0.2) is 50.5 Å².